The first-order chi connectivity index (χ1) is 21.0. The fourth-order valence-electron chi connectivity index (χ4n) is 5.50. The number of rotatable bonds is 12. The maximum Gasteiger partial charge on any atom is 0.412 e. The van der Waals surface area contributed by atoms with Gasteiger partial charge in [-0.3, -0.25) is 0 Å². The number of carbonyl (C=O) groups is 1. The Kier molecular flexibility index (Phi) is 9.91. The van der Waals surface area contributed by atoms with E-state index in [0.717, 1.165) is 61.3 Å². The third-order valence-electron chi connectivity index (χ3n) is 7.75. The van der Waals surface area contributed by atoms with Crippen LogP contribution < -0.4 is 14.5 Å². The number of aromatic nitrogens is 4. The molecule has 0 unspecified atom stereocenters. The first-order valence-electron chi connectivity index (χ1n) is 15.0. The fourth-order valence-corrected chi connectivity index (χ4v) is 5.50. The summed E-state index contributed by atoms with van der Waals surface area (Å²) in [5, 5.41) is 0. The Balaban J connectivity index is 1.20. The number of nitrogens with zero attached hydrogens (tertiary/aromatic N) is 7. The van der Waals surface area contributed by atoms with Crippen LogP contribution in [0.5, 0.6) is 5.88 Å². The fraction of sp³-hybridized carbons (Fsp3) is 0.438. The van der Waals surface area contributed by atoms with Crippen LogP contribution in [0.15, 0.2) is 60.8 Å². The Morgan fingerprint density at radius 2 is 1.72 bits per heavy atom. The summed E-state index contributed by atoms with van der Waals surface area (Å²) in [6.07, 6.45) is 4.80. The SMILES string of the molecule is CCCN(CCC)C(=O)OCOc1ccnc(N(C)C2CCN(c3nc4ccccc4n3Cc3ccc(F)cc3)CC2)n1. The van der Waals surface area contributed by atoms with Gasteiger partial charge in [-0.05, 0) is 55.5 Å². The summed E-state index contributed by atoms with van der Waals surface area (Å²) in [7, 11) is 2.00. The molecule has 1 fully saturated rings. The molecule has 5 rings (SSSR count). The molecule has 0 radical (unpaired) electrons. The minimum absolute atomic E-state index is 0.208. The number of amides is 1. The Hall–Kier alpha value is -4.41. The van der Waals surface area contributed by atoms with Crippen molar-refractivity contribution in [2.75, 3.05) is 49.8 Å². The highest BCUT2D eigenvalue weighted by atomic mass is 19.1. The predicted octanol–water partition coefficient (Wildman–Crippen LogP) is 5.71. The van der Waals surface area contributed by atoms with Gasteiger partial charge in [-0.2, -0.15) is 4.98 Å². The predicted molar refractivity (Wildman–Crippen MR) is 165 cm³/mol. The number of imidazole rings is 1. The van der Waals surface area contributed by atoms with E-state index < -0.39 is 0 Å². The second-order valence-electron chi connectivity index (χ2n) is 10.8. The lowest BCUT2D eigenvalue weighted by Gasteiger charge is -2.37. The van der Waals surface area contributed by atoms with Crippen molar-refractivity contribution < 1.29 is 18.7 Å². The van der Waals surface area contributed by atoms with Crippen LogP contribution in [0.3, 0.4) is 0 Å². The van der Waals surface area contributed by atoms with Crippen molar-refractivity contribution in [3.05, 3.63) is 72.2 Å². The molecule has 0 bridgehead atoms. The highest BCUT2D eigenvalue weighted by molar-refractivity contribution is 5.79. The molecule has 0 saturated carbocycles. The summed E-state index contributed by atoms with van der Waals surface area (Å²) in [5.41, 5.74) is 3.02. The minimum atomic E-state index is -0.381. The minimum Gasteiger partial charge on any atom is -0.440 e. The average molecular weight is 590 g/mol. The van der Waals surface area contributed by atoms with Gasteiger partial charge in [-0.15, -0.1) is 0 Å². The van der Waals surface area contributed by atoms with E-state index in [2.05, 4.69) is 30.4 Å². The standard InChI is InChI=1S/C32H40FN7O3/c1-4-18-39(19-5-2)32(41)43-23-42-29-14-17-34-30(36-29)37(3)26-15-20-38(21-16-26)31-35-27-8-6-7-9-28(27)40(31)22-24-10-12-25(33)13-11-24/h6-14,17,26H,4-5,15-16,18-23H2,1-3H3. The second-order valence-corrected chi connectivity index (χ2v) is 10.8. The molecule has 11 heteroatoms. The molecule has 0 atom stereocenters. The number of ether oxygens (including phenoxy) is 2. The van der Waals surface area contributed by atoms with Gasteiger partial charge >= 0.3 is 6.09 Å². The van der Waals surface area contributed by atoms with Gasteiger partial charge in [0.2, 0.25) is 24.6 Å². The van der Waals surface area contributed by atoms with E-state index in [4.69, 9.17) is 14.5 Å². The van der Waals surface area contributed by atoms with Gasteiger partial charge in [0.15, 0.2) is 0 Å². The van der Waals surface area contributed by atoms with Crippen molar-refractivity contribution >= 4 is 29.0 Å². The van der Waals surface area contributed by atoms with Gasteiger partial charge in [-0.1, -0.05) is 38.1 Å². The summed E-state index contributed by atoms with van der Waals surface area (Å²) >= 11 is 0. The molecule has 2 aromatic heterocycles. The molecule has 10 nitrogen and oxygen atoms in total. The van der Waals surface area contributed by atoms with Crippen LogP contribution in [0.25, 0.3) is 11.0 Å². The van der Waals surface area contributed by atoms with Crippen LogP contribution in [0, 0.1) is 5.82 Å². The van der Waals surface area contributed by atoms with Gasteiger partial charge in [0.05, 0.1) is 17.6 Å². The molecule has 1 aliphatic heterocycles. The average Bonchev–Trinajstić information content (AvgIpc) is 3.40. The Morgan fingerprint density at radius 1 is 1.00 bits per heavy atom. The number of piperidine rings is 1. The van der Waals surface area contributed by atoms with Crippen LogP contribution in [0.4, 0.5) is 21.1 Å². The molecule has 0 spiro atoms. The van der Waals surface area contributed by atoms with Crippen molar-refractivity contribution in [1.29, 1.82) is 0 Å². The van der Waals surface area contributed by atoms with Crippen molar-refractivity contribution in [2.24, 2.45) is 0 Å². The highest BCUT2D eigenvalue weighted by Crippen LogP contribution is 2.28. The van der Waals surface area contributed by atoms with Crippen LogP contribution in [0.2, 0.25) is 0 Å². The van der Waals surface area contributed by atoms with E-state index in [1.165, 1.54) is 12.1 Å². The lowest BCUT2D eigenvalue weighted by molar-refractivity contribution is 0.0328. The van der Waals surface area contributed by atoms with Crippen LogP contribution in [0.1, 0.15) is 45.1 Å². The molecule has 1 aliphatic rings. The van der Waals surface area contributed by atoms with Crippen molar-refractivity contribution in [3.63, 3.8) is 0 Å². The van der Waals surface area contributed by atoms with E-state index in [9.17, 15) is 9.18 Å². The van der Waals surface area contributed by atoms with Gasteiger partial charge in [0, 0.05) is 51.5 Å². The molecule has 1 saturated heterocycles. The van der Waals surface area contributed by atoms with E-state index in [-0.39, 0.29) is 24.7 Å². The van der Waals surface area contributed by atoms with E-state index in [1.807, 2.05) is 51.2 Å². The number of anilines is 2. The van der Waals surface area contributed by atoms with Gasteiger partial charge in [0.25, 0.3) is 0 Å². The van der Waals surface area contributed by atoms with E-state index >= 15 is 0 Å². The first kappa shape index (κ1) is 30.1. The number of benzene rings is 2. The smallest absolute Gasteiger partial charge is 0.412 e. The lowest BCUT2D eigenvalue weighted by Crippen LogP contribution is -2.44. The second kappa shape index (κ2) is 14.2. The summed E-state index contributed by atoms with van der Waals surface area (Å²) < 4.78 is 26.7. The zero-order valence-electron chi connectivity index (χ0n) is 25.2. The number of halogens is 1. The molecular formula is C32H40FN7O3. The molecule has 3 heterocycles. The van der Waals surface area contributed by atoms with Crippen LogP contribution >= 0.6 is 0 Å². The topological polar surface area (TPSA) is 88.9 Å². The third-order valence-corrected chi connectivity index (χ3v) is 7.75. The summed E-state index contributed by atoms with van der Waals surface area (Å²) in [6.45, 7) is 7.41. The number of hydrogen-bond acceptors (Lipinski definition) is 8. The largest absolute Gasteiger partial charge is 0.440 e. The molecule has 0 N–H and O–H groups in total. The van der Waals surface area contributed by atoms with Crippen molar-refractivity contribution in [1.82, 2.24) is 24.4 Å². The summed E-state index contributed by atoms with van der Waals surface area (Å²) in [4.78, 5) is 32.5. The summed E-state index contributed by atoms with van der Waals surface area (Å²) in [5.74, 6) is 1.60. The normalized spacial score (nSPS) is 13.7. The zero-order valence-corrected chi connectivity index (χ0v) is 25.2. The Labute approximate surface area is 252 Å². The summed E-state index contributed by atoms with van der Waals surface area (Å²) in [6, 6.07) is 16.7. The van der Waals surface area contributed by atoms with E-state index in [0.29, 0.717) is 31.5 Å². The Bertz CT molecular complexity index is 1480. The van der Waals surface area contributed by atoms with Gasteiger partial charge in [0.1, 0.15) is 5.82 Å². The molecule has 1 amide bonds. The first-order valence-corrected chi connectivity index (χ1v) is 15.0. The third kappa shape index (κ3) is 7.33. The monoisotopic (exact) mass is 589 g/mol. The number of fused-ring (bicyclic) bond motifs is 1. The molecule has 4 aromatic rings. The number of hydrogen-bond donors (Lipinski definition) is 0. The van der Waals surface area contributed by atoms with Gasteiger partial charge in [-0.25, -0.2) is 19.2 Å². The van der Waals surface area contributed by atoms with Gasteiger partial charge < -0.3 is 28.7 Å². The van der Waals surface area contributed by atoms with E-state index in [1.54, 1.807) is 17.2 Å². The molecule has 43 heavy (non-hydrogen) atoms. The van der Waals surface area contributed by atoms with Crippen LogP contribution in [-0.2, 0) is 11.3 Å². The lowest BCUT2D eigenvalue weighted by atomic mass is 10.0. The molecule has 0 aliphatic carbocycles. The van der Waals surface area contributed by atoms with Crippen LogP contribution in [-0.4, -0.2) is 76.6 Å². The Morgan fingerprint density at radius 3 is 2.44 bits per heavy atom. The van der Waals surface area contributed by atoms with Crippen molar-refractivity contribution in [2.45, 2.75) is 52.1 Å². The maximum atomic E-state index is 13.5. The molecule has 2 aromatic carbocycles. The number of carbonyl (C=O) groups excluding carboxylic acids is 1. The highest BCUT2D eigenvalue weighted by Gasteiger charge is 2.27. The van der Waals surface area contributed by atoms with Crippen molar-refractivity contribution in [3.8, 4) is 5.88 Å². The number of para-hydroxylation sites is 2. The molecule has 228 valence electrons. The zero-order chi connectivity index (χ0) is 30.2. The molecular weight excluding hydrogens is 549 g/mol. The quantitative estimate of drug-likeness (QED) is 0.194. The maximum absolute atomic E-state index is 13.5.